The van der Waals surface area contributed by atoms with Crippen molar-refractivity contribution in [3.05, 3.63) is 29.8 Å². The molecule has 0 unspecified atom stereocenters. The van der Waals surface area contributed by atoms with Crippen molar-refractivity contribution in [2.45, 2.75) is 19.2 Å². The maximum Gasteiger partial charge on any atom is 0.411 e. The molecule has 0 bridgehead atoms. The second-order valence-electron chi connectivity index (χ2n) is 4.10. The Labute approximate surface area is 114 Å². The largest absolute Gasteiger partial charge is 0.411 e. The molecule has 4 nitrogen and oxygen atoms in total. The summed E-state index contributed by atoms with van der Waals surface area (Å²) < 4.78 is 44.7. The van der Waals surface area contributed by atoms with E-state index < -0.39 is 18.7 Å². The molecule has 1 aromatic rings. The van der Waals surface area contributed by atoms with Crippen LogP contribution in [0.15, 0.2) is 24.3 Å². The summed E-state index contributed by atoms with van der Waals surface area (Å²) in [5.41, 5.74) is 1.46. The molecule has 0 aliphatic heterocycles. The van der Waals surface area contributed by atoms with E-state index in [4.69, 9.17) is 4.74 Å². The van der Waals surface area contributed by atoms with Crippen LogP contribution < -0.4 is 5.32 Å². The Morgan fingerprint density at radius 1 is 1.35 bits per heavy atom. The highest BCUT2D eigenvalue weighted by atomic mass is 19.4. The summed E-state index contributed by atoms with van der Waals surface area (Å²) in [5.74, 6) is -0.401. The highest BCUT2D eigenvalue weighted by Gasteiger charge is 2.27. The lowest BCUT2D eigenvalue weighted by atomic mass is 10.2. The van der Waals surface area contributed by atoms with Crippen LogP contribution >= 0.6 is 0 Å². The molecule has 0 saturated carbocycles. The molecule has 1 N–H and O–H groups in total. The van der Waals surface area contributed by atoms with Crippen LogP contribution in [-0.2, 0) is 20.9 Å². The first-order chi connectivity index (χ1) is 9.40. The molecule has 1 aromatic carbocycles. The lowest BCUT2D eigenvalue weighted by Crippen LogP contribution is -2.20. The molecular weight excluding hydrogens is 275 g/mol. The first-order valence-corrected chi connectivity index (χ1v) is 5.93. The van der Waals surface area contributed by atoms with Crippen molar-refractivity contribution in [3.63, 3.8) is 0 Å². The molecular formula is C13H16F3NO3. The number of ether oxygens (including phenoxy) is 2. The third kappa shape index (κ3) is 7.10. The normalized spacial score (nSPS) is 11.4. The van der Waals surface area contributed by atoms with E-state index in [0.717, 1.165) is 5.56 Å². The van der Waals surface area contributed by atoms with Crippen LogP contribution in [0, 0.1) is 0 Å². The van der Waals surface area contributed by atoms with Gasteiger partial charge in [0.05, 0.1) is 19.6 Å². The van der Waals surface area contributed by atoms with Crippen LogP contribution in [0.1, 0.15) is 12.0 Å². The highest BCUT2D eigenvalue weighted by Crippen LogP contribution is 2.15. The minimum Gasteiger partial charge on any atom is -0.380 e. The number of amides is 1. The number of hydrogen-bond donors (Lipinski definition) is 1. The van der Waals surface area contributed by atoms with E-state index in [2.05, 4.69) is 10.1 Å². The van der Waals surface area contributed by atoms with Gasteiger partial charge in [-0.15, -0.1) is 0 Å². The van der Waals surface area contributed by atoms with Crippen molar-refractivity contribution in [2.24, 2.45) is 0 Å². The fraction of sp³-hybridized carbons (Fsp3) is 0.462. The van der Waals surface area contributed by atoms with Crippen LogP contribution in [0.25, 0.3) is 0 Å². The van der Waals surface area contributed by atoms with Gasteiger partial charge in [-0.2, -0.15) is 13.2 Å². The van der Waals surface area contributed by atoms with E-state index in [0.29, 0.717) is 12.3 Å². The average molecular weight is 291 g/mol. The second-order valence-corrected chi connectivity index (χ2v) is 4.10. The van der Waals surface area contributed by atoms with E-state index in [-0.39, 0.29) is 13.0 Å². The topological polar surface area (TPSA) is 47.6 Å². The molecule has 1 rings (SSSR count). The Bertz CT molecular complexity index is 435. The summed E-state index contributed by atoms with van der Waals surface area (Å²) in [6.07, 6.45) is -4.50. The summed E-state index contributed by atoms with van der Waals surface area (Å²) in [6, 6.07) is 7.02. The number of carbonyl (C=O) groups excluding carboxylic acids is 1. The van der Waals surface area contributed by atoms with Gasteiger partial charge < -0.3 is 14.8 Å². The number of rotatable bonds is 7. The molecule has 1 amide bonds. The quantitative estimate of drug-likeness (QED) is 0.786. The lowest BCUT2D eigenvalue weighted by molar-refractivity contribution is -0.174. The molecule has 7 heteroatoms. The van der Waals surface area contributed by atoms with Crippen molar-refractivity contribution >= 4 is 11.6 Å². The molecule has 0 spiro atoms. The third-order valence-corrected chi connectivity index (χ3v) is 2.26. The zero-order chi connectivity index (χ0) is 15.0. The SMILES string of the molecule is COCc1cccc(NC(=O)CCOCC(F)(F)F)c1. The average Bonchev–Trinajstić information content (AvgIpc) is 2.34. The van der Waals surface area contributed by atoms with Crippen LogP contribution in [0.3, 0.4) is 0 Å². The molecule has 0 saturated heterocycles. The van der Waals surface area contributed by atoms with Gasteiger partial charge in [0.25, 0.3) is 0 Å². The van der Waals surface area contributed by atoms with Gasteiger partial charge in [0.2, 0.25) is 5.91 Å². The smallest absolute Gasteiger partial charge is 0.380 e. The van der Waals surface area contributed by atoms with E-state index in [1.165, 1.54) is 0 Å². The Balaban J connectivity index is 2.33. The van der Waals surface area contributed by atoms with Crippen LogP contribution in [0.4, 0.5) is 18.9 Å². The molecule has 0 atom stereocenters. The van der Waals surface area contributed by atoms with Gasteiger partial charge in [0, 0.05) is 12.8 Å². The Morgan fingerprint density at radius 3 is 2.75 bits per heavy atom. The highest BCUT2D eigenvalue weighted by molar-refractivity contribution is 5.90. The van der Waals surface area contributed by atoms with Gasteiger partial charge in [-0.3, -0.25) is 4.79 Å². The lowest BCUT2D eigenvalue weighted by Gasteiger charge is -2.09. The summed E-state index contributed by atoms with van der Waals surface area (Å²) in [6.45, 7) is -1.20. The summed E-state index contributed by atoms with van der Waals surface area (Å²) in [5, 5.41) is 2.58. The molecule has 0 aliphatic rings. The number of anilines is 1. The molecule has 0 heterocycles. The number of nitrogens with one attached hydrogen (secondary N) is 1. The number of methoxy groups -OCH3 is 1. The van der Waals surface area contributed by atoms with Gasteiger partial charge in [0.1, 0.15) is 6.61 Å². The fourth-order valence-corrected chi connectivity index (χ4v) is 1.48. The van der Waals surface area contributed by atoms with Crippen molar-refractivity contribution in [1.82, 2.24) is 0 Å². The monoisotopic (exact) mass is 291 g/mol. The van der Waals surface area contributed by atoms with E-state index in [9.17, 15) is 18.0 Å². The molecule has 112 valence electrons. The van der Waals surface area contributed by atoms with Crippen LogP contribution in [-0.4, -0.2) is 32.4 Å². The van der Waals surface area contributed by atoms with Gasteiger partial charge >= 0.3 is 6.18 Å². The third-order valence-electron chi connectivity index (χ3n) is 2.26. The summed E-state index contributed by atoms with van der Waals surface area (Å²) >= 11 is 0. The predicted octanol–water partition coefficient (Wildman–Crippen LogP) is 2.74. The minimum atomic E-state index is -4.37. The fourth-order valence-electron chi connectivity index (χ4n) is 1.48. The Morgan fingerprint density at radius 2 is 2.10 bits per heavy atom. The number of benzene rings is 1. The number of carbonyl (C=O) groups is 1. The summed E-state index contributed by atoms with van der Waals surface area (Å²) in [4.78, 5) is 11.5. The molecule has 0 fully saturated rings. The predicted molar refractivity (Wildman–Crippen MR) is 67.3 cm³/mol. The minimum absolute atomic E-state index is 0.134. The Kier molecular flexibility index (Phi) is 6.47. The Hall–Kier alpha value is -1.60. The van der Waals surface area contributed by atoms with Gasteiger partial charge in [-0.1, -0.05) is 12.1 Å². The van der Waals surface area contributed by atoms with Gasteiger partial charge in [-0.25, -0.2) is 0 Å². The van der Waals surface area contributed by atoms with Crippen LogP contribution in [0.2, 0.25) is 0 Å². The molecule has 0 aliphatic carbocycles. The molecule has 0 radical (unpaired) electrons. The van der Waals surface area contributed by atoms with Crippen molar-refractivity contribution in [3.8, 4) is 0 Å². The zero-order valence-corrected chi connectivity index (χ0v) is 11.0. The maximum atomic E-state index is 11.8. The number of halogens is 3. The standard InChI is InChI=1S/C13H16F3NO3/c1-19-8-10-3-2-4-11(7-10)17-12(18)5-6-20-9-13(14,15)16/h2-4,7H,5-6,8-9H2,1H3,(H,17,18). The molecule has 0 aromatic heterocycles. The second kappa shape index (κ2) is 7.86. The van der Waals surface area contributed by atoms with Gasteiger partial charge in [-0.05, 0) is 17.7 Å². The summed E-state index contributed by atoms with van der Waals surface area (Å²) in [7, 11) is 1.56. The van der Waals surface area contributed by atoms with Crippen molar-refractivity contribution in [1.29, 1.82) is 0 Å². The van der Waals surface area contributed by atoms with E-state index in [1.807, 2.05) is 6.07 Å². The first kappa shape index (κ1) is 16.5. The van der Waals surface area contributed by atoms with Crippen LogP contribution in [0.5, 0.6) is 0 Å². The number of alkyl halides is 3. The number of hydrogen-bond acceptors (Lipinski definition) is 3. The van der Waals surface area contributed by atoms with E-state index >= 15 is 0 Å². The van der Waals surface area contributed by atoms with Crippen molar-refractivity contribution in [2.75, 3.05) is 25.6 Å². The first-order valence-electron chi connectivity index (χ1n) is 5.93. The van der Waals surface area contributed by atoms with Crippen molar-refractivity contribution < 1.29 is 27.4 Å². The van der Waals surface area contributed by atoms with Gasteiger partial charge in [0.15, 0.2) is 0 Å². The van der Waals surface area contributed by atoms with E-state index in [1.54, 1.807) is 25.3 Å². The molecule has 20 heavy (non-hydrogen) atoms. The zero-order valence-electron chi connectivity index (χ0n) is 11.0. The maximum absolute atomic E-state index is 11.8.